The number of benzene rings is 5. The van der Waals surface area contributed by atoms with Gasteiger partial charge in [-0.3, -0.25) is 9.59 Å². The second-order valence-corrected chi connectivity index (χ2v) is 16.3. The minimum Gasteiger partial charge on any atom is -0.339 e. The number of aromatic nitrogens is 6. The fourth-order valence-electron chi connectivity index (χ4n) is 8.93. The predicted octanol–water partition coefficient (Wildman–Crippen LogP) is 9.93. The Labute approximate surface area is 355 Å². The molecule has 1 atom stereocenters. The molecule has 1 unspecified atom stereocenters. The molecule has 0 saturated carbocycles. The molecule has 2 amide bonds. The molecular weight excluding hydrogens is 757 g/mol. The number of rotatable bonds is 7. The number of amides is 2. The van der Waals surface area contributed by atoms with Crippen LogP contribution in [-0.4, -0.2) is 77.3 Å². The zero-order valence-corrected chi connectivity index (χ0v) is 34.5. The molecule has 5 heterocycles. The smallest absolute Gasteiger partial charge is 0.253 e. The van der Waals surface area contributed by atoms with Crippen molar-refractivity contribution in [2.45, 2.75) is 44.9 Å². The lowest BCUT2D eigenvalue weighted by atomic mass is 9.89. The molecule has 8 aromatic rings. The quantitative estimate of drug-likeness (QED) is 0.158. The lowest BCUT2D eigenvalue weighted by Crippen LogP contribution is -2.39. The van der Waals surface area contributed by atoms with Gasteiger partial charge in [-0.05, 0) is 87.1 Å². The minimum atomic E-state index is -0.0131. The van der Waals surface area contributed by atoms with E-state index in [2.05, 4.69) is 41.4 Å². The molecule has 2 saturated heterocycles. The first kappa shape index (κ1) is 38.2. The van der Waals surface area contributed by atoms with Crippen LogP contribution in [0.1, 0.15) is 70.1 Å². The largest absolute Gasteiger partial charge is 0.339 e. The van der Waals surface area contributed by atoms with Crippen molar-refractivity contribution < 1.29 is 9.59 Å². The summed E-state index contributed by atoms with van der Waals surface area (Å²) in [6.07, 6.45) is 6.93. The molecule has 0 bridgehead atoms. The van der Waals surface area contributed by atoms with E-state index in [0.29, 0.717) is 41.4 Å². The van der Waals surface area contributed by atoms with Crippen molar-refractivity contribution in [1.29, 1.82) is 0 Å². The Hall–Kier alpha value is -7.07. The van der Waals surface area contributed by atoms with Crippen molar-refractivity contribution in [3.63, 3.8) is 0 Å². The van der Waals surface area contributed by atoms with Crippen LogP contribution >= 0.6 is 0 Å². The summed E-state index contributed by atoms with van der Waals surface area (Å²) in [7, 11) is 1.99. The first-order chi connectivity index (χ1) is 29.9. The zero-order valence-electron chi connectivity index (χ0n) is 34.5. The second kappa shape index (κ2) is 16.2. The van der Waals surface area contributed by atoms with Gasteiger partial charge < -0.3 is 14.4 Å². The van der Waals surface area contributed by atoms with Crippen LogP contribution in [0.4, 0.5) is 0 Å². The molecule has 3 aromatic heterocycles. The third-order valence-corrected chi connectivity index (χ3v) is 12.4. The van der Waals surface area contributed by atoms with Gasteiger partial charge in [0, 0.05) is 77.7 Å². The zero-order chi connectivity index (χ0) is 41.5. The van der Waals surface area contributed by atoms with Crippen LogP contribution in [0.5, 0.6) is 0 Å². The molecule has 10 nitrogen and oxygen atoms in total. The SMILES string of the molecule is Cc1ncc(-c2nc(-c3ccccc3)nc3cc(C(=O)N4CCCC(c5cccc(-c6nc(-c7ccccc7)c7ccc(C(=O)N8CCCCC8)cc7n6)c5)C4)ccc23)n1C. The Morgan fingerprint density at radius 3 is 1.84 bits per heavy atom. The van der Waals surface area contributed by atoms with Crippen LogP contribution in [0.3, 0.4) is 0 Å². The predicted molar refractivity (Wildman–Crippen MR) is 240 cm³/mol. The van der Waals surface area contributed by atoms with E-state index in [1.54, 1.807) is 0 Å². The van der Waals surface area contributed by atoms with Gasteiger partial charge in [-0.1, -0.05) is 78.9 Å². The number of hydrogen-bond donors (Lipinski definition) is 0. The third kappa shape index (κ3) is 7.43. The van der Waals surface area contributed by atoms with Crippen LogP contribution in [0, 0.1) is 6.92 Å². The van der Waals surface area contributed by atoms with Crippen molar-refractivity contribution in [1.82, 2.24) is 39.3 Å². The van der Waals surface area contributed by atoms with E-state index in [9.17, 15) is 9.59 Å². The fourth-order valence-corrected chi connectivity index (χ4v) is 8.93. The fraction of sp³-hybridized carbons (Fsp3) is 0.235. The number of piperidine rings is 2. The number of fused-ring (bicyclic) bond motifs is 2. The molecule has 0 N–H and O–H groups in total. The number of hydrogen-bond acceptors (Lipinski definition) is 7. The van der Waals surface area contributed by atoms with Gasteiger partial charge in [-0.25, -0.2) is 24.9 Å². The van der Waals surface area contributed by atoms with Gasteiger partial charge in [0.05, 0.1) is 28.6 Å². The van der Waals surface area contributed by atoms with E-state index < -0.39 is 0 Å². The van der Waals surface area contributed by atoms with E-state index in [1.165, 1.54) is 0 Å². The molecule has 0 spiro atoms. The Bertz CT molecular complexity index is 2940. The molecule has 2 aliphatic heterocycles. The van der Waals surface area contributed by atoms with Gasteiger partial charge >= 0.3 is 0 Å². The van der Waals surface area contributed by atoms with Crippen LogP contribution in [0.15, 0.2) is 128 Å². The first-order valence-corrected chi connectivity index (χ1v) is 21.3. The maximum absolute atomic E-state index is 14.4. The Morgan fingerprint density at radius 2 is 1.16 bits per heavy atom. The van der Waals surface area contributed by atoms with Gasteiger partial charge in [0.25, 0.3) is 11.8 Å². The first-order valence-electron chi connectivity index (χ1n) is 21.3. The summed E-state index contributed by atoms with van der Waals surface area (Å²) >= 11 is 0. The van der Waals surface area contributed by atoms with Gasteiger partial charge in [-0.2, -0.15) is 0 Å². The third-order valence-electron chi connectivity index (χ3n) is 12.4. The van der Waals surface area contributed by atoms with Crippen molar-refractivity contribution >= 4 is 33.6 Å². The van der Waals surface area contributed by atoms with Crippen LogP contribution in [0.25, 0.3) is 67.2 Å². The van der Waals surface area contributed by atoms with Crippen LogP contribution < -0.4 is 0 Å². The van der Waals surface area contributed by atoms with Crippen molar-refractivity contribution in [3.05, 3.63) is 150 Å². The summed E-state index contributed by atoms with van der Waals surface area (Å²) in [6, 6.07) is 40.2. The average Bonchev–Trinajstić information content (AvgIpc) is 3.67. The van der Waals surface area contributed by atoms with Gasteiger partial charge in [-0.15, -0.1) is 0 Å². The van der Waals surface area contributed by atoms with Crippen LogP contribution in [-0.2, 0) is 7.05 Å². The lowest BCUT2D eigenvalue weighted by Gasteiger charge is -2.33. The molecule has 0 aliphatic carbocycles. The molecule has 5 aromatic carbocycles. The number of likely N-dealkylation sites (tertiary alicyclic amines) is 2. The lowest BCUT2D eigenvalue weighted by molar-refractivity contribution is 0.0704. The Balaban J connectivity index is 0.958. The van der Waals surface area contributed by atoms with E-state index in [0.717, 1.165) is 107 Å². The van der Waals surface area contributed by atoms with E-state index in [1.807, 2.05) is 119 Å². The van der Waals surface area contributed by atoms with E-state index >= 15 is 0 Å². The van der Waals surface area contributed by atoms with Crippen molar-refractivity contribution in [2.24, 2.45) is 7.05 Å². The summed E-state index contributed by atoms with van der Waals surface area (Å²) in [6.45, 7) is 4.82. The molecule has 10 rings (SSSR count). The molecule has 0 radical (unpaired) electrons. The summed E-state index contributed by atoms with van der Waals surface area (Å²) < 4.78 is 2.03. The van der Waals surface area contributed by atoms with Crippen molar-refractivity contribution in [3.8, 4) is 45.4 Å². The monoisotopic (exact) mass is 802 g/mol. The van der Waals surface area contributed by atoms with E-state index in [-0.39, 0.29) is 17.7 Å². The minimum absolute atomic E-state index is 0.0131. The van der Waals surface area contributed by atoms with Crippen molar-refractivity contribution in [2.75, 3.05) is 26.2 Å². The topological polar surface area (TPSA) is 110 Å². The summed E-state index contributed by atoms with van der Waals surface area (Å²) in [4.78, 5) is 56.7. The molecule has 61 heavy (non-hydrogen) atoms. The second-order valence-electron chi connectivity index (χ2n) is 16.3. The number of aryl methyl sites for hydroxylation is 1. The molecule has 10 heteroatoms. The standard InChI is InChI=1S/C51H46N8O2/c1-33-52-31-45(57(33)2)47-42-24-22-39(30-44(42)53-48(56-47)35-16-8-4-9-17-35)51(61)59-27-13-20-40(32-59)36-18-12-19-37(28-36)49-54-43-29-38(50(60)58-25-10-5-11-26-58)21-23-41(43)46(55-49)34-14-6-3-7-15-34/h3-4,6-9,12,14-19,21-24,28-31,40H,5,10-11,13,20,25-27,32H2,1-2H3. The number of carbonyl (C=O) groups excluding carboxylic acids is 2. The van der Waals surface area contributed by atoms with E-state index in [4.69, 9.17) is 19.9 Å². The molecular formula is C51H46N8O2. The molecule has 302 valence electrons. The van der Waals surface area contributed by atoms with Gasteiger partial charge in [0.2, 0.25) is 0 Å². The normalized spacial score (nSPS) is 15.7. The highest BCUT2D eigenvalue weighted by atomic mass is 16.2. The highest BCUT2D eigenvalue weighted by Crippen LogP contribution is 2.35. The number of carbonyl (C=O) groups is 2. The highest BCUT2D eigenvalue weighted by Gasteiger charge is 2.27. The van der Waals surface area contributed by atoms with Crippen LogP contribution in [0.2, 0.25) is 0 Å². The average molecular weight is 803 g/mol. The maximum atomic E-state index is 14.4. The summed E-state index contributed by atoms with van der Waals surface area (Å²) in [5, 5.41) is 1.77. The number of nitrogens with zero attached hydrogens (tertiary/aromatic N) is 8. The molecule has 2 fully saturated rings. The van der Waals surface area contributed by atoms with Gasteiger partial charge in [0.15, 0.2) is 11.6 Å². The Kier molecular flexibility index (Phi) is 10.1. The molecule has 2 aliphatic rings. The van der Waals surface area contributed by atoms with Gasteiger partial charge in [0.1, 0.15) is 11.5 Å². The highest BCUT2D eigenvalue weighted by molar-refractivity contribution is 6.02. The maximum Gasteiger partial charge on any atom is 0.253 e. The summed E-state index contributed by atoms with van der Waals surface area (Å²) in [5.41, 5.74) is 9.14. The Morgan fingerprint density at radius 1 is 0.574 bits per heavy atom. The number of imidazole rings is 1. The summed E-state index contributed by atoms with van der Waals surface area (Å²) in [5.74, 6) is 2.26.